The topological polar surface area (TPSA) is 208 Å². The molecule has 0 fully saturated rings. The van der Waals surface area contributed by atoms with Gasteiger partial charge in [0.05, 0.1) is 34.3 Å². The maximum atomic E-state index is 8.97. The second-order valence-electron chi connectivity index (χ2n) is 22.2. The second kappa shape index (κ2) is 21.7. The molecule has 0 spiro atoms. The van der Waals surface area contributed by atoms with E-state index in [0.717, 1.165) is 93.9 Å². The van der Waals surface area contributed by atoms with E-state index in [9.17, 15) is 0 Å². The van der Waals surface area contributed by atoms with E-state index < -0.39 is 0 Å². The predicted molar refractivity (Wildman–Crippen MR) is 350 cm³/mol. The lowest BCUT2D eigenvalue weighted by atomic mass is 9.97. The molecule has 0 saturated heterocycles. The van der Waals surface area contributed by atoms with E-state index >= 15 is 0 Å². The molecule has 7 aromatic heterocycles. The van der Waals surface area contributed by atoms with Crippen molar-refractivity contribution in [3.05, 3.63) is 228 Å². The summed E-state index contributed by atoms with van der Waals surface area (Å²) in [6, 6.07) is 57.4. The standard InChI is InChI=1S/C72H52N18/c1-38-74-39(2)79-68(78-38)48-20-27-61-56(33-48)57-34-49(69-80-40(3)75-41(4)81-69)21-28-62(57)89(61)53-25-26-60(73-9)54(37-53)55-32-52(72-87-66(46-16-12-10-13-17-46)86-67(88-72)47-18-14-11-15-19-47)24-29-63(55)90-64-30-22-50(70-82-42(5)76-43(6)83-70)35-58(64)59-36-51(23-31-65(59)90)71-84-44(7)77-45(8)85-71/h10-37H,1-8H3. The molecule has 18 nitrogen and oxygen atoms in total. The van der Waals surface area contributed by atoms with E-state index in [2.05, 4.69) is 131 Å². The van der Waals surface area contributed by atoms with Gasteiger partial charge in [-0.05, 0) is 170 Å². The maximum Gasteiger partial charge on any atom is 0.195 e. The van der Waals surface area contributed by atoms with E-state index in [-0.39, 0.29) is 0 Å². The Morgan fingerprint density at radius 2 is 0.578 bits per heavy atom. The van der Waals surface area contributed by atoms with Crippen LogP contribution in [-0.4, -0.2) is 83.9 Å². The van der Waals surface area contributed by atoms with Gasteiger partial charge in [-0.1, -0.05) is 66.7 Å². The highest BCUT2D eigenvalue weighted by Gasteiger charge is 2.25. The van der Waals surface area contributed by atoms with Gasteiger partial charge in [-0.3, -0.25) is 0 Å². The molecule has 0 N–H and O–H groups in total. The largest absolute Gasteiger partial charge is 0.309 e. The van der Waals surface area contributed by atoms with Crippen LogP contribution < -0.4 is 0 Å². The van der Waals surface area contributed by atoms with Crippen LogP contribution in [0.3, 0.4) is 0 Å². The van der Waals surface area contributed by atoms with Crippen molar-refractivity contribution in [3.63, 3.8) is 0 Å². The lowest BCUT2D eigenvalue weighted by molar-refractivity contribution is 0.928. The van der Waals surface area contributed by atoms with Gasteiger partial charge in [0.1, 0.15) is 46.6 Å². The van der Waals surface area contributed by atoms with Crippen LogP contribution in [-0.2, 0) is 0 Å². The van der Waals surface area contributed by atoms with Gasteiger partial charge >= 0.3 is 0 Å². The van der Waals surface area contributed by atoms with Crippen molar-refractivity contribution in [2.45, 2.75) is 55.4 Å². The minimum atomic E-state index is 0.431. The quantitative estimate of drug-likeness (QED) is 0.117. The van der Waals surface area contributed by atoms with E-state index in [0.29, 0.717) is 104 Å². The number of rotatable bonds is 10. The molecule has 0 aliphatic carbocycles. The average molecular weight is 1170 g/mol. The van der Waals surface area contributed by atoms with Crippen LogP contribution in [0.5, 0.6) is 0 Å². The Bertz CT molecular complexity index is 5140. The van der Waals surface area contributed by atoms with Gasteiger partial charge in [-0.15, -0.1) is 0 Å². The molecular formula is C72H52N18. The first-order valence-electron chi connectivity index (χ1n) is 29.2. The number of aryl methyl sites for hydroxylation is 8. The third-order valence-electron chi connectivity index (χ3n) is 15.8. The smallest absolute Gasteiger partial charge is 0.195 e. The summed E-state index contributed by atoms with van der Waals surface area (Å²) in [4.78, 5) is 76.1. The Morgan fingerprint density at radius 3 is 0.933 bits per heavy atom. The molecule has 7 heterocycles. The SMILES string of the molecule is [C-]#[N+]c1ccc(-n2c3ccc(-c4nc(C)nc(C)n4)cc3c3cc(-c4nc(C)nc(C)n4)ccc32)cc1-c1cc(-c2nc(-c3ccccc3)nc(-c3ccccc3)n2)ccc1-n1c2ccc(-c3nc(C)nc(C)n3)cc2c2cc(-c3nc(C)nc(C)n3)ccc21. The van der Waals surface area contributed by atoms with Gasteiger partial charge in [-0.25, -0.2) is 79.6 Å². The Kier molecular flexibility index (Phi) is 13.1. The fourth-order valence-corrected chi connectivity index (χ4v) is 12.1. The molecule has 0 radical (unpaired) electrons. The minimum absolute atomic E-state index is 0.431. The van der Waals surface area contributed by atoms with Crippen molar-refractivity contribution in [1.82, 2.24) is 83.9 Å². The van der Waals surface area contributed by atoms with Gasteiger partial charge < -0.3 is 9.13 Å². The minimum Gasteiger partial charge on any atom is -0.309 e. The number of hydrogen-bond donors (Lipinski definition) is 0. The lowest BCUT2D eigenvalue weighted by Crippen LogP contribution is -2.02. The van der Waals surface area contributed by atoms with Gasteiger partial charge in [0.25, 0.3) is 0 Å². The van der Waals surface area contributed by atoms with Crippen LogP contribution >= 0.6 is 0 Å². The highest BCUT2D eigenvalue weighted by Crippen LogP contribution is 2.45. The number of nitrogens with zero attached hydrogens (tertiary/aromatic N) is 18. The summed E-state index contributed by atoms with van der Waals surface area (Å²) < 4.78 is 4.51. The highest BCUT2D eigenvalue weighted by molar-refractivity contribution is 6.13. The van der Waals surface area contributed by atoms with Crippen LogP contribution in [0, 0.1) is 62.0 Å². The molecular weight excluding hydrogens is 1120 g/mol. The molecule has 15 rings (SSSR count). The summed E-state index contributed by atoms with van der Waals surface area (Å²) in [5.74, 6) is 8.82. The van der Waals surface area contributed by atoms with Crippen molar-refractivity contribution >= 4 is 49.3 Å². The summed E-state index contributed by atoms with van der Waals surface area (Å²) >= 11 is 0. The Balaban J connectivity index is 1.01. The number of benzene rings is 8. The fourth-order valence-electron chi connectivity index (χ4n) is 12.1. The zero-order valence-electron chi connectivity index (χ0n) is 50.2. The fraction of sp³-hybridized carbons (Fsp3) is 0.111. The number of aromatic nitrogens is 17. The summed E-state index contributed by atoms with van der Waals surface area (Å²) in [6.07, 6.45) is 0. The van der Waals surface area contributed by atoms with Crippen molar-refractivity contribution in [2.75, 3.05) is 0 Å². The molecule has 0 saturated carbocycles. The molecule has 430 valence electrons. The Labute approximate surface area is 516 Å². The Morgan fingerprint density at radius 1 is 0.267 bits per heavy atom. The van der Waals surface area contributed by atoms with Crippen LogP contribution in [0.25, 0.3) is 151 Å². The molecule has 90 heavy (non-hydrogen) atoms. The summed E-state index contributed by atoms with van der Waals surface area (Å²) in [6.45, 7) is 24.0. The molecule has 0 aliphatic heterocycles. The Hall–Kier alpha value is -12.1. The van der Waals surface area contributed by atoms with Gasteiger partial charge in [0.15, 0.2) is 46.5 Å². The van der Waals surface area contributed by atoms with Crippen molar-refractivity contribution in [1.29, 1.82) is 0 Å². The first-order chi connectivity index (χ1) is 43.7. The average Bonchev–Trinajstić information content (AvgIpc) is 1.56. The molecule has 15 aromatic rings. The van der Waals surface area contributed by atoms with Crippen LogP contribution in [0.15, 0.2) is 170 Å². The van der Waals surface area contributed by atoms with Crippen LogP contribution in [0.2, 0.25) is 0 Å². The summed E-state index contributed by atoms with van der Waals surface area (Å²) in [7, 11) is 0. The molecule has 0 unspecified atom stereocenters. The molecule has 0 amide bonds. The second-order valence-corrected chi connectivity index (χ2v) is 22.2. The third kappa shape index (κ3) is 9.85. The first-order valence-corrected chi connectivity index (χ1v) is 29.2. The first kappa shape index (κ1) is 54.5. The van der Waals surface area contributed by atoms with E-state index in [1.165, 1.54) is 0 Å². The molecule has 18 heteroatoms. The van der Waals surface area contributed by atoms with E-state index in [4.69, 9.17) is 61.4 Å². The normalized spacial score (nSPS) is 11.5. The zero-order chi connectivity index (χ0) is 61.5. The molecule has 0 aliphatic rings. The third-order valence-corrected chi connectivity index (χ3v) is 15.8. The van der Waals surface area contributed by atoms with Gasteiger partial charge in [0.2, 0.25) is 0 Å². The van der Waals surface area contributed by atoms with E-state index in [1.807, 2.05) is 128 Å². The molecule has 8 aromatic carbocycles. The van der Waals surface area contributed by atoms with Crippen molar-refractivity contribution < 1.29 is 0 Å². The molecule has 0 bridgehead atoms. The van der Waals surface area contributed by atoms with Crippen LogP contribution in [0.4, 0.5) is 5.69 Å². The molecule has 0 atom stereocenters. The maximum absolute atomic E-state index is 8.97. The van der Waals surface area contributed by atoms with Crippen molar-refractivity contribution in [3.8, 4) is 102 Å². The summed E-state index contributed by atoms with van der Waals surface area (Å²) in [5.41, 5.74) is 12.8. The zero-order valence-corrected chi connectivity index (χ0v) is 50.2. The van der Waals surface area contributed by atoms with Crippen LogP contribution in [0.1, 0.15) is 46.6 Å². The van der Waals surface area contributed by atoms with Gasteiger partial charge in [-0.2, -0.15) is 0 Å². The number of hydrogen-bond acceptors (Lipinski definition) is 15. The highest BCUT2D eigenvalue weighted by atomic mass is 15.1. The lowest BCUT2D eigenvalue weighted by Gasteiger charge is -2.18. The number of fused-ring (bicyclic) bond motifs is 6. The van der Waals surface area contributed by atoms with Gasteiger partial charge in [0, 0.05) is 66.2 Å². The predicted octanol–water partition coefficient (Wildman–Crippen LogP) is 15.2. The monoisotopic (exact) mass is 1170 g/mol. The van der Waals surface area contributed by atoms with Crippen molar-refractivity contribution in [2.24, 2.45) is 0 Å². The summed E-state index contributed by atoms with van der Waals surface area (Å²) in [5, 5.41) is 3.77. The van der Waals surface area contributed by atoms with E-state index in [1.54, 1.807) is 0 Å².